The maximum absolute atomic E-state index is 12.3. The van der Waals surface area contributed by atoms with Crippen molar-refractivity contribution in [1.29, 1.82) is 0 Å². The van der Waals surface area contributed by atoms with Gasteiger partial charge in [-0.25, -0.2) is 9.78 Å². The molecule has 0 bridgehead atoms. The molecule has 1 aromatic heterocycles. The third kappa shape index (κ3) is 4.67. The molecule has 7 nitrogen and oxygen atoms in total. The van der Waals surface area contributed by atoms with Gasteiger partial charge in [-0.1, -0.05) is 30.3 Å². The van der Waals surface area contributed by atoms with E-state index >= 15 is 0 Å². The smallest absolute Gasteiger partial charge is 0.326 e. The molecule has 0 unspecified atom stereocenters. The average Bonchev–Trinajstić information content (AvgIpc) is 2.61. The van der Waals surface area contributed by atoms with Crippen LogP contribution in [0.4, 0.5) is 22.2 Å². The van der Waals surface area contributed by atoms with Gasteiger partial charge in [-0.3, -0.25) is 5.32 Å². The van der Waals surface area contributed by atoms with Crippen LogP contribution < -0.4 is 16.0 Å². The summed E-state index contributed by atoms with van der Waals surface area (Å²) in [6.45, 7) is 3.03. The van der Waals surface area contributed by atoms with Gasteiger partial charge in [-0.05, 0) is 29.8 Å². The van der Waals surface area contributed by atoms with Crippen LogP contribution in [0.15, 0.2) is 48.5 Å². The Bertz CT molecular complexity index is 913. The molecule has 1 heterocycles. The molecule has 0 saturated heterocycles. The lowest BCUT2D eigenvalue weighted by Gasteiger charge is -2.10. The Balaban J connectivity index is 1.66. The van der Waals surface area contributed by atoms with Crippen LogP contribution in [0.2, 0.25) is 0 Å². The van der Waals surface area contributed by atoms with Crippen molar-refractivity contribution in [2.75, 3.05) is 36.2 Å². The number of carbonyl (C=O) groups excluding carboxylic acids is 1. The van der Waals surface area contributed by atoms with E-state index in [9.17, 15) is 4.79 Å². The van der Waals surface area contributed by atoms with Crippen molar-refractivity contribution in [2.24, 2.45) is 0 Å². The summed E-state index contributed by atoms with van der Waals surface area (Å²) < 4.78 is 5.00. The number of nitrogens with one attached hydrogen (secondary N) is 3. The van der Waals surface area contributed by atoms with E-state index in [0.717, 1.165) is 16.5 Å². The molecule has 0 saturated carbocycles. The standard InChI is InChI=1S/C19H21N5O2/c1-13-11-17(20-9-10-26-2)23-18(21-13)24-19(25)22-16-8-7-14-5-3-4-6-15(14)12-16/h3-8,11-12H,9-10H2,1-2H3,(H3,20,21,22,23,24,25). The summed E-state index contributed by atoms with van der Waals surface area (Å²) in [5, 5.41) is 10.8. The first-order valence-electron chi connectivity index (χ1n) is 8.29. The van der Waals surface area contributed by atoms with Crippen LogP contribution in [0, 0.1) is 6.92 Å². The molecule has 0 fully saturated rings. The van der Waals surface area contributed by atoms with Crippen LogP contribution in [-0.4, -0.2) is 36.3 Å². The van der Waals surface area contributed by atoms with Gasteiger partial charge in [0.2, 0.25) is 5.95 Å². The van der Waals surface area contributed by atoms with E-state index in [1.165, 1.54) is 0 Å². The summed E-state index contributed by atoms with van der Waals surface area (Å²) in [7, 11) is 1.64. The zero-order valence-electron chi connectivity index (χ0n) is 14.7. The molecule has 3 aromatic rings. The van der Waals surface area contributed by atoms with Crippen molar-refractivity contribution in [1.82, 2.24) is 9.97 Å². The second-order valence-electron chi connectivity index (χ2n) is 5.78. The average molecular weight is 351 g/mol. The van der Waals surface area contributed by atoms with Crippen LogP contribution >= 0.6 is 0 Å². The third-order valence-electron chi connectivity index (χ3n) is 3.70. The number of amides is 2. The summed E-state index contributed by atoms with van der Waals surface area (Å²) in [5.74, 6) is 0.874. The van der Waals surface area contributed by atoms with Crippen molar-refractivity contribution < 1.29 is 9.53 Å². The minimum atomic E-state index is -0.395. The molecular formula is C19H21N5O2. The predicted molar refractivity (Wildman–Crippen MR) is 104 cm³/mol. The number of hydrogen-bond donors (Lipinski definition) is 3. The quantitative estimate of drug-likeness (QED) is 0.590. The van der Waals surface area contributed by atoms with Gasteiger partial charge in [-0.2, -0.15) is 4.98 Å². The fourth-order valence-electron chi connectivity index (χ4n) is 2.53. The largest absolute Gasteiger partial charge is 0.383 e. The SMILES string of the molecule is COCCNc1cc(C)nc(NC(=O)Nc2ccc3ccccc3c2)n1. The van der Waals surface area contributed by atoms with E-state index < -0.39 is 6.03 Å². The monoisotopic (exact) mass is 351 g/mol. The highest BCUT2D eigenvalue weighted by molar-refractivity contribution is 6.00. The van der Waals surface area contributed by atoms with Gasteiger partial charge in [0.1, 0.15) is 5.82 Å². The molecule has 3 N–H and O–H groups in total. The Morgan fingerprint density at radius 3 is 2.65 bits per heavy atom. The fraction of sp³-hybridized carbons (Fsp3) is 0.211. The summed E-state index contributed by atoms with van der Waals surface area (Å²) in [6.07, 6.45) is 0. The van der Waals surface area contributed by atoms with Crippen LogP contribution in [0.25, 0.3) is 10.8 Å². The van der Waals surface area contributed by atoms with Gasteiger partial charge >= 0.3 is 6.03 Å². The highest BCUT2D eigenvalue weighted by Gasteiger charge is 2.07. The Morgan fingerprint density at radius 2 is 1.85 bits per heavy atom. The second-order valence-corrected chi connectivity index (χ2v) is 5.78. The molecule has 134 valence electrons. The number of aryl methyl sites for hydroxylation is 1. The van der Waals surface area contributed by atoms with E-state index in [1.54, 1.807) is 7.11 Å². The Morgan fingerprint density at radius 1 is 1.04 bits per heavy atom. The Kier molecular flexibility index (Phi) is 5.60. The van der Waals surface area contributed by atoms with Crippen molar-refractivity contribution in [2.45, 2.75) is 6.92 Å². The van der Waals surface area contributed by atoms with E-state index in [0.29, 0.717) is 24.7 Å². The first kappa shape index (κ1) is 17.6. The molecule has 0 aliphatic heterocycles. The van der Waals surface area contributed by atoms with Gasteiger partial charge in [-0.15, -0.1) is 0 Å². The number of ether oxygens (including phenoxy) is 1. The van der Waals surface area contributed by atoms with E-state index in [1.807, 2.05) is 55.5 Å². The van der Waals surface area contributed by atoms with E-state index in [2.05, 4.69) is 25.9 Å². The highest BCUT2D eigenvalue weighted by atomic mass is 16.5. The van der Waals surface area contributed by atoms with Gasteiger partial charge in [0.05, 0.1) is 6.61 Å². The number of hydrogen-bond acceptors (Lipinski definition) is 5. The first-order valence-corrected chi connectivity index (χ1v) is 8.29. The van der Waals surface area contributed by atoms with Gasteiger partial charge < -0.3 is 15.4 Å². The van der Waals surface area contributed by atoms with Crippen molar-refractivity contribution in [3.8, 4) is 0 Å². The Hall–Kier alpha value is -3.19. The van der Waals surface area contributed by atoms with E-state index in [-0.39, 0.29) is 5.95 Å². The lowest BCUT2D eigenvalue weighted by molar-refractivity contribution is 0.210. The number of nitrogens with zero attached hydrogens (tertiary/aromatic N) is 2. The number of urea groups is 1. The van der Waals surface area contributed by atoms with Gasteiger partial charge in [0, 0.05) is 31.1 Å². The Labute approximate surface area is 151 Å². The van der Waals surface area contributed by atoms with Crippen LogP contribution in [0.5, 0.6) is 0 Å². The number of carbonyl (C=O) groups is 1. The molecule has 3 rings (SSSR count). The third-order valence-corrected chi connectivity index (χ3v) is 3.70. The molecule has 26 heavy (non-hydrogen) atoms. The lowest BCUT2D eigenvalue weighted by atomic mass is 10.1. The topological polar surface area (TPSA) is 88.2 Å². The van der Waals surface area contributed by atoms with Crippen molar-refractivity contribution in [3.05, 3.63) is 54.2 Å². The van der Waals surface area contributed by atoms with Crippen LogP contribution in [0.1, 0.15) is 5.69 Å². The maximum Gasteiger partial charge on any atom is 0.326 e. The number of rotatable bonds is 6. The predicted octanol–water partition coefficient (Wildman–Crippen LogP) is 3.64. The van der Waals surface area contributed by atoms with Gasteiger partial charge in [0.25, 0.3) is 0 Å². The minimum Gasteiger partial charge on any atom is -0.383 e. The molecule has 7 heteroatoms. The normalized spacial score (nSPS) is 10.5. The minimum absolute atomic E-state index is 0.239. The number of fused-ring (bicyclic) bond motifs is 1. The zero-order valence-corrected chi connectivity index (χ0v) is 14.7. The number of aromatic nitrogens is 2. The van der Waals surface area contributed by atoms with Crippen molar-refractivity contribution in [3.63, 3.8) is 0 Å². The number of methoxy groups -OCH3 is 1. The summed E-state index contributed by atoms with van der Waals surface area (Å²) >= 11 is 0. The molecule has 0 aliphatic carbocycles. The van der Waals surface area contributed by atoms with E-state index in [4.69, 9.17) is 4.74 Å². The molecule has 2 amide bonds. The van der Waals surface area contributed by atoms with Crippen LogP contribution in [0.3, 0.4) is 0 Å². The molecule has 0 aliphatic rings. The molecular weight excluding hydrogens is 330 g/mol. The van der Waals surface area contributed by atoms with Gasteiger partial charge in [0.15, 0.2) is 0 Å². The first-order chi connectivity index (χ1) is 12.6. The summed E-state index contributed by atoms with van der Waals surface area (Å²) in [6, 6.07) is 15.1. The molecule has 0 spiro atoms. The second kappa shape index (κ2) is 8.26. The highest BCUT2D eigenvalue weighted by Crippen LogP contribution is 2.19. The van der Waals surface area contributed by atoms with Crippen molar-refractivity contribution >= 4 is 34.3 Å². The number of anilines is 3. The van der Waals surface area contributed by atoms with Crippen LogP contribution in [-0.2, 0) is 4.74 Å². The fourth-order valence-corrected chi connectivity index (χ4v) is 2.53. The summed E-state index contributed by atoms with van der Waals surface area (Å²) in [4.78, 5) is 20.8. The lowest BCUT2D eigenvalue weighted by Crippen LogP contribution is -2.21. The molecule has 0 atom stereocenters. The number of benzene rings is 2. The maximum atomic E-state index is 12.3. The summed E-state index contributed by atoms with van der Waals surface area (Å²) in [5.41, 5.74) is 1.45. The zero-order chi connectivity index (χ0) is 18.4. The molecule has 0 radical (unpaired) electrons. The molecule has 2 aromatic carbocycles.